The lowest BCUT2D eigenvalue weighted by atomic mass is 10.3. The quantitative estimate of drug-likeness (QED) is 0.336. The topological polar surface area (TPSA) is 0 Å². The van der Waals surface area contributed by atoms with Crippen molar-refractivity contribution in [2.75, 3.05) is 0 Å². The maximum atomic E-state index is 3.68. The summed E-state index contributed by atoms with van der Waals surface area (Å²) in [4.78, 5) is 0. The Labute approximate surface area is 85.8 Å². The van der Waals surface area contributed by atoms with Gasteiger partial charge in [-0.1, -0.05) is 51.6 Å². The molecule has 0 bridgehead atoms. The van der Waals surface area contributed by atoms with Crippen LogP contribution in [0, 0.1) is 0 Å². The van der Waals surface area contributed by atoms with Crippen molar-refractivity contribution in [3.05, 3.63) is 25.3 Å². The van der Waals surface area contributed by atoms with E-state index in [1.807, 2.05) is 12.2 Å². The first kappa shape index (κ1) is 15.2. The van der Waals surface area contributed by atoms with Gasteiger partial charge in [-0.05, 0) is 12.5 Å². The van der Waals surface area contributed by atoms with Gasteiger partial charge in [-0.25, -0.2) is 0 Å². The second-order valence-corrected chi connectivity index (χ2v) is 10.0. The molecule has 78 valence electrons. The molecule has 0 fully saturated rings. The van der Waals surface area contributed by atoms with E-state index in [1.54, 1.807) is 0 Å². The summed E-state index contributed by atoms with van der Waals surface area (Å²) in [7, 11) is -0.775. The zero-order valence-electron chi connectivity index (χ0n) is 9.90. The average Bonchev–Trinajstić information content (AvgIpc) is 1.99. The summed E-state index contributed by atoms with van der Waals surface area (Å²) in [6.45, 7) is 16.5. The molecule has 1 heteroatoms. The van der Waals surface area contributed by atoms with Gasteiger partial charge in [-0.2, -0.15) is 0 Å². The minimum absolute atomic E-state index is 0.775. The predicted octanol–water partition coefficient (Wildman–Crippen LogP) is 4.87. The number of hydrogen-bond acceptors (Lipinski definition) is 0. The lowest BCUT2D eigenvalue weighted by Gasteiger charge is -2.10. The lowest BCUT2D eigenvalue weighted by Crippen LogP contribution is -2.16. The molecule has 0 amide bonds. The molecule has 0 unspecified atom stereocenters. The van der Waals surface area contributed by atoms with Crippen LogP contribution in [0.4, 0.5) is 0 Å². The molecule has 0 N–H and O–H groups in total. The predicted molar refractivity (Wildman–Crippen MR) is 68.1 cm³/mol. The van der Waals surface area contributed by atoms with Crippen LogP contribution in [-0.2, 0) is 0 Å². The van der Waals surface area contributed by atoms with Crippen molar-refractivity contribution < 1.29 is 0 Å². The molecule has 0 aliphatic heterocycles. The molecule has 0 aromatic rings. The molecule has 0 nitrogen and oxygen atoms in total. The van der Waals surface area contributed by atoms with Gasteiger partial charge < -0.3 is 0 Å². The summed E-state index contributed by atoms with van der Waals surface area (Å²) in [6, 6.07) is 1.24. The Morgan fingerprint density at radius 1 is 1.08 bits per heavy atom. The Kier molecular flexibility index (Phi) is 11.4. The largest absolute Gasteiger partial charge is 0.103 e. The third-order valence-electron chi connectivity index (χ3n) is 1.52. The van der Waals surface area contributed by atoms with Gasteiger partial charge in [0.25, 0.3) is 0 Å². The van der Waals surface area contributed by atoms with Gasteiger partial charge in [0.2, 0.25) is 0 Å². The van der Waals surface area contributed by atoms with Crippen molar-refractivity contribution in [1.82, 2.24) is 0 Å². The first-order valence-electron chi connectivity index (χ1n) is 5.19. The van der Waals surface area contributed by atoms with E-state index in [0.29, 0.717) is 0 Å². The fourth-order valence-corrected chi connectivity index (χ4v) is 1.65. The van der Waals surface area contributed by atoms with Crippen molar-refractivity contribution in [2.45, 2.75) is 51.9 Å². The summed E-state index contributed by atoms with van der Waals surface area (Å²) in [6.07, 6.45) is 7.74. The number of allylic oxidation sites excluding steroid dienone is 2. The van der Waals surface area contributed by atoms with Crippen LogP contribution in [0.1, 0.15) is 26.2 Å². The van der Waals surface area contributed by atoms with E-state index < -0.39 is 8.07 Å². The van der Waals surface area contributed by atoms with E-state index in [9.17, 15) is 0 Å². The Morgan fingerprint density at radius 2 is 1.62 bits per heavy atom. The van der Waals surface area contributed by atoms with Crippen LogP contribution in [0.15, 0.2) is 25.3 Å². The van der Waals surface area contributed by atoms with Crippen LogP contribution in [0.5, 0.6) is 0 Å². The molecule has 0 saturated carbocycles. The maximum Gasteiger partial charge on any atom is 0.0480 e. The van der Waals surface area contributed by atoms with Gasteiger partial charge in [-0.3, -0.25) is 0 Å². The highest BCUT2D eigenvalue weighted by atomic mass is 28.3. The molecule has 0 aliphatic carbocycles. The molecule has 0 atom stereocenters. The van der Waals surface area contributed by atoms with E-state index in [2.05, 4.69) is 39.7 Å². The Morgan fingerprint density at radius 3 is 1.69 bits per heavy atom. The van der Waals surface area contributed by atoms with Crippen molar-refractivity contribution in [1.29, 1.82) is 0 Å². The van der Waals surface area contributed by atoms with E-state index in [-0.39, 0.29) is 0 Å². The summed E-state index contributed by atoms with van der Waals surface area (Å²) in [5.41, 5.74) is 0. The Bertz CT molecular complexity index is 120. The third kappa shape index (κ3) is 24.5. The van der Waals surface area contributed by atoms with Crippen molar-refractivity contribution in [2.24, 2.45) is 0 Å². The van der Waals surface area contributed by atoms with E-state index in [4.69, 9.17) is 0 Å². The van der Waals surface area contributed by atoms with Crippen LogP contribution < -0.4 is 0 Å². The minimum Gasteiger partial charge on any atom is -0.103 e. The summed E-state index contributed by atoms with van der Waals surface area (Å²) in [5.74, 6) is 0. The van der Waals surface area contributed by atoms with Gasteiger partial charge in [0.15, 0.2) is 0 Å². The highest BCUT2D eigenvalue weighted by molar-refractivity contribution is 6.76. The monoisotopic (exact) mass is 198 g/mol. The second-order valence-electron chi connectivity index (χ2n) is 4.48. The summed E-state index contributed by atoms with van der Waals surface area (Å²) < 4.78 is 0. The van der Waals surface area contributed by atoms with Crippen molar-refractivity contribution in [3.63, 3.8) is 0 Å². The first-order valence-corrected chi connectivity index (χ1v) is 8.90. The van der Waals surface area contributed by atoms with Crippen LogP contribution >= 0.6 is 0 Å². The average molecular weight is 198 g/mol. The van der Waals surface area contributed by atoms with Crippen LogP contribution in [0.3, 0.4) is 0 Å². The third-order valence-corrected chi connectivity index (χ3v) is 3.03. The number of rotatable bonds is 5. The second kappa shape index (κ2) is 9.78. The Balaban J connectivity index is 0. The molecule has 0 aliphatic rings. The fourth-order valence-electron chi connectivity index (χ4n) is 0.781. The number of unbranched alkanes of at least 4 members (excludes halogenated alkanes) is 2. The van der Waals surface area contributed by atoms with Gasteiger partial charge in [0.05, 0.1) is 0 Å². The zero-order chi connectivity index (χ0) is 10.7. The van der Waals surface area contributed by atoms with Crippen LogP contribution in [0.2, 0.25) is 25.7 Å². The normalized spacial score (nSPS) is 9.85. The summed E-state index contributed by atoms with van der Waals surface area (Å²) in [5, 5.41) is 0. The van der Waals surface area contributed by atoms with E-state index >= 15 is 0 Å². The fraction of sp³-hybridized carbons (Fsp3) is 0.667. The molecule has 0 rings (SSSR count). The molecule has 0 radical (unpaired) electrons. The first-order chi connectivity index (χ1) is 5.97. The molecule has 0 aromatic carbocycles. The van der Waals surface area contributed by atoms with Gasteiger partial charge in [-0.15, -0.1) is 13.2 Å². The van der Waals surface area contributed by atoms with Crippen molar-refractivity contribution >= 4 is 8.07 Å². The number of hydrogen-bond donors (Lipinski definition) is 0. The van der Waals surface area contributed by atoms with Gasteiger partial charge in [0, 0.05) is 8.07 Å². The van der Waals surface area contributed by atoms with E-state index in [0.717, 1.165) is 0 Å². The highest BCUT2D eigenvalue weighted by Crippen LogP contribution is 2.06. The van der Waals surface area contributed by atoms with Gasteiger partial charge >= 0.3 is 0 Å². The molecule has 13 heavy (non-hydrogen) atoms. The summed E-state index contributed by atoms with van der Waals surface area (Å²) >= 11 is 0. The minimum atomic E-state index is -0.775. The smallest absolute Gasteiger partial charge is 0.0480 e. The standard InChI is InChI=1S/C6H14Si.C6H12/c1-5-6-7(2,3)4;1-3-5-6-4-2/h5H,1,6H2,2-4H3;3H,1,4-6H2,2H3. The van der Waals surface area contributed by atoms with Crippen molar-refractivity contribution in [3.8, 4) is 0 Å². The molecular weight excluding hydrogens is 172 g/mol. The maximum absolute atomic E-state index is 3.68. The van der Waals surface area contributed by atoms with Crippen LogP contribution in [0.25, 0.3) is 0 Å². The Hall–Kier alpha value is -0.303. The van der Waals surface area contributed by atoms with Gasteiger partial charge in [0.1, 0.15) is 0 Å². The lowest BCUT2D eigenvalue weighted by molar-refractivity contribution is 0.816. The SMILES string of the molecule is C=CCCCC.C=CC[Si](C)(C)C. The zero-order valence-corrected chi connectivity index (χ0v) is 10.9. The molecular formula is C12H26Si. The van der Waals surface area contributed by atoms with Crippen LogP contribution in [-0.4, -0.2) is 8.07 Å². The van der Waals surface area contributed by atoms with E-state index in [1.165, 1.54) is 25.3 Å². The molecule has 0 saturated heterocycles. The molecule has 0 spiro atoms. The highest BCUT2D eigenvalue weighted by Gasteiger charge is 2.08. The molecule has 0 aromatic heterocycles. The molecule has 0 heterocycles.